The zero-order chi connectivity index (χ0) is 26.0. The number of aromatic carboxylic acids is 1. The van der Waals surface area contributed by atoms with Crippen LogP contribution in [0.1, 0.15) is 35.4 Å². The molecule has 10 nitrogen and oxygen atoms in total. The van der Waals surface area contributed by atoms with Gasteiger partial charge in [0.15, 0.2) is 5.69 Å². The first-order chi connectivity index (χ1) is 17.2. The van der Waals surface area contributed by atoms with Gasteiger partial charge in [0, 0.05) is 46.4 Å². The number of pyridine rings is 2. The van der Waals surface area contributed by atoms with Crippen LogP contribution in [0.5, 0.6) is 5.75 Å². The van der Waals surface area contributed by atoms with Crippen molar-refractivity contribution in [3.05, 3.63) is 81.6 Å². The Balaban J connectivity index is 1.68. The van der Waals surface area contributed by atoms with Gasteiger partial charge in [-0.3, -0.25) is 14.2 Å². The second kappa shape index (κ2) is 9.93. The largest absolute Gasteiger partial charge is 0.495 e. The molecule has 182 valence electrons. The van der Waals surface area contributed by atoms with E-state index in [0.29, 0.717) is 45.2 Å². The predicted molar refractivity (Wildman–Crippen MR) is 133 cm³/mol. The molecule has 0 fully saturated rings. The Bertz CT molecular complexity index is 1600. The highest BCUT2D eigenvalue weighted by molar-refractivity contribution is 6.31. The number of imidazole rings is 1. The molecule has 3 heterocycles. The molecule has 0 saturated heterocycles. The van der Waals surface area contributed by atoms with Crippen molar-refractivity contribution < 1.29 is 19.4 Å². The van der Waals surface area contributed by atoms with E-state index >= 15 is 0 Å². The van der Waals surface area contributed by atoms with Gasteiger partial charge in [-0.2, -0.15) is 5.26 Å². The van der Waals surface area contributed by atoms with Crippen LogP contribution in [0.4, 0.5) is 5.69 Å². The van der Waals surface area contributed by atoms with E-state index in [1.165, 1.54) is 40.6 Å². The number of aromatic nitrogens is 3. The third-order valence-electron chi connectivity index (χ3n) is 5.63. The first-order valence-corrected chi connectivity index (χ1v) is 11.2. The summed E-state index contributed by atoms with van der Waals surface area (Å²) >= 11 is 6.11. The first-order valence-electron chi connectivity index (χ1n) is 10.8. The number of hydrogen-bond acceptors (Lipinski definition) is 6. The molecule has 0 bridgehead atoms. The molecule has 1 amide bonds. The van der Waals surface area contributed by atoms with Gasteiger partial charge in [0.2, 0.25) is 5.91 Å². The molecule has 36 heavy (non-hydrogen) atoms. The van der Waals surface area contributed by atoms with Crippen molar-refractivity contribution in [3.8, 4) is 22.9 Å². The number of carbonyl (C=O) groups excluding carboxylic acids is 1. The summed E-state index contributed by atoms with van der Waals surface area (Å²) in [6, 6.07) is 10.4. The summed E-state index contributed by atoms with van der Waals surface area (Å²) in [5.74, 6) is -1.32. The van der Waals surface area contributed by atoms with Crippen LogP contribution in [0.15, 0.2) is 59.8 Å². The monoisotopic (exact) mass is 505 g/mol. The molecule has 0 aliphatic heterocycles. The van der Waals surface area contributed by atoms with E-state index in [0.717, 1.165) is 0 Å². The smallest absolute Gasteiger partial charge is 0.356 e. The van der Waals surface area contributed by atoms with Crippen molar-refractivity contribution >= 4 is 34.8 Å². The van der Waals surface area contributed by atoms with Gasteiger partial charge >= 0.3 is 5.97 Å². The average Bonchev–Trinajstić information content (AvgIpc) is 3.29. The summed E-state index contributed by atoms with van der Waals surface area (Å²) in [4.78, 5) is 41.4. The summed E-state index contributed by atoms with van der Waals surface area (Å²) in [5.41, 5.74) is 1.29. The Morgan fingerprint density at radius 1 is 1.22 bits per heavy atom. The van der Waals surface area contributed by atoms with E-state index in [1.54, 1.807) is 37.4 Å². The number of halogens is 1. The Morgan fingerprint density at radius 3 is 2.67 bits per heavy atom. The van der Waals surface area contributed by atoms with Crippen LogP contribution in [0.2, 0.25) is 5.02 Å². The van der Waals surface area contributed by atoms with Crippen molar-refractivity contribution in [2.24, 2.45) is 0 Å². The van der Waals surface area contributed by atoms with E-state index in [4.69, 9.17) is 21.4 Å². The zero-order valence-electron chi connectivity index (χ0n) is 19.2. The van der Waals surface area contributed by atoms with Gasteiger partial charge in [-0.1, -0.05) is 18.5 Å². The summed E-state index contributed by atoms with van der Waals surface area (Å²) in [7, 11) is 1.43. The highest BCUT2D eigenvalue weighted by Crippen LogP contribution is 2.33. The number of carbonyl (C=O) groups is 2. The maximum absolute atomic E-state index is 13.2. The second-order valence-electron chi connectivity index (χ2n) is 7.83. The lowest BCUT2D eigenvalue weighted by Gasteiger charge is -2.20. The normalized spacial score (nSPS) is 11.6. The number of carboxylic acids is 1. The van der Waals surface area contributed by atoms with Gasteiger partial charge in [-0.05, 0) is 30.7 Å². The number of nitriles is 1. The molecule has 1 unspecified atom stereocenters. The molecule has 1 aromatic carbocycles. The summed E-state index contributed by atoms with van der Waals surface area (Å²) in [5, 5.41) is 21.8. The molecule has 1 atom stereocenters. The molecular formula is C25H20ClN5O5. The molecule has 0 aliphatic carbocycles. The van der Waals surface area contributed by atoms with E-state index in [2.05, 4.69) is 16.4 Å². The van der Waals surface area contributed by atoms with Crippen molar-refractivity contribution in [2.45, 2.75) is 19.4 Å². The summed E-state index contributed by atoms with van der Waals surface area (Å²) in [6.45, 7) is 1.76. The van der Waals surface area contributed by atoms with Gasteiger partial charge in [0.25, 0.3) is 5.56 Å². The van der Waals surface area contributed by atoms with Gasteiger partial charge in [0.05, 0.1) is 24.9 Å². The second-order valence-corrected chi connectivity index (χ2v) is 8.26. The highest BCUT2D eigenvalue weighted by atomic mass is 35.5. The summed E-state index contributed by atoms with van der Waals surface area (Å²) in [6.07, 6.45) is 4.67. The van der Waals surface area contributed by atoms with Crippen LogP contribution in [-0.2, 0) is 4.79 Å². The molecule has 4 aromatic rings. The average molecular weight is 506 g/mol. The fourth-order valence-corrected chi connectivity index (χ4v) is 4.05. The summed E-state index contributed by atoms with van der Waals surface area (Å²) < 4.78 is 8.29. The Labute approximate surface area is 210 Å². The van der Waals surface area contributed by atoms with Crippen LogP contribution in [0.3, 0.4) is 0 Å². The number of nitrogens with one attached hydrogen (secondary N) is 1. The molecule has 0 spiro atoms. The van der Waals surface area contributed by atoms with Crippen LogP contribution in [0, 0.1) is 11.3 Å². The van der Waals surface area contributed by atoms with Gasteiger partial charge in [-0.25, -0.2) is 9.78 Å². The number of nitrogens with zero attached hydrogens (tertiary/aromatic N) is 4. The molecule has 0 radical (unpaired) electrons. The number of ether oxygens (including phenoxy) is 1. The number of methoxy groups -OCH3 is 1. The van der Waals surface area contributed by atoms with E-state index in [1.807, 2.05) is 0 Å². The van der Waals surface area contributed by atoms with E-state index < -0.39 is 23.5 Å². The number of carboxylic acid groups (broad SMARTS) is 1. The van der Waals surface area contributed by atoms with Crippen molar-refractivity contribution in [2.75, 3.05) is 12.4 Å². The minimum atomic E-state index is -1.16. The standard InChI is InChI=1S/C25H20ClN5O5/c1-3-20(24(33)28-16-6-7-30-12-19(25(34)35)29-22(30)9-16)31-13-21(36-2)18(10-23(31)32)17-8-15(26)5-4-14(17)11-27/h4-10,12-13,20H,3H2,1-2H3,(H,28,33)(H,34,35). The number of anilines is 1. The van der Waals surface area contributed by atoms with E-state index in [9.17, 15) is 19.6 Å². The topological polar surface area (TPSA) is 139 Å². The Kier molecular flexibility index (Phi) is 6.76. The molecule has 4 rings (SSSR count). The minimum absolute atomic E-state index is 0.122. The molecule has 11 heteroatoms. The Hall–Kier alpha value is -4.62. The van der Waals surface area contributed by atoms with Crippen LogP contribution >= 0.6 is 11.6 Å². The predicted octanol–water partition coefficient (Wildman–Crippen LogP) is 3.98. The number of fused-ring (bicyclic) bond motifs is 1. The molecule has 0 saturated carbocycles. The number of hydrogen-bond donors (Lipinski definition) is 2. The van der Waals surface area contributed by atoms with Crippen LogP contribution in [0.25, 0.3) is 16.8 Å². The van der Waals surface area contributed by atoms with Gasteiger partial charge in [0.1, 0.15) is 17.4 Å². The Morgan fingerprint density at radius 2 is 2.00 bits per heavy atom. The number of benzene rings is 1. The van der Waals surface area contributed by atoms with E-state index in [-0.39, 0.29) is 5.69 Å². The fraction of sp³-hybridized carbons (Fsp3) is 0.160. The van der Waals surface area contributed by atoms with Crippen molar-refractivity contribution in [1.29, 1.82) is 5.26 Å². The third-order valence-corrected chi connectivity index (χ3v) is 5.86. The zero-order valence-corrected chi connectivity index (χ0v) is 20.0. The lowest BCUT2D eigenvalue weighted by molar-refractivity contribution is -0.119. The minimum Gasteiger partial charge on any atom is -0.495 e. The molecule has 0 aliphatic rings. The van der Waals surface area contributed by atoms with Crippen molar-refractivity contribution in [1.82, 2.24) is 14.0 Å². The number of rotatable bonds is 7. The van der Waals surface area contributed by atoms with Crippen LogP contribution < -0.4 is 15.6 Å². The maximum Gasteiger partial charge on any atom is 0.356 e. The molecular weight excluding hydrogens is 486 g/mol. The first kappa shape index (κ1) is 24.5. The van der Waals surface area contributed by atoms with Crippen LogP contribution in [-0.4, -0.2) is 38.0 Å². The van der Waals surface area contributed by atoms with Gasteiger partial charge < -0.3 is 19.6 Å². The SMILES string of the molecule is CCC(C(=O)Nc1ccn2cc(C(=O)O)nc2c1)n1cc(OC)c(-c2cc(Cl)ccc2C#N)cc1=O. The third kappa shape index (κ3) is 4.64. The molecule has 3 aromatic heterocycles. The molecule has 2 N–H and O–H groups in total. The lowest BCUT2D eigenvalue weighted by atomic mass is 10.00. The quantitative estimate of drug-likeness (QED) is 0.387. The fourth-order valence-electron chi connectivity index (χ4n) is 3.88. The highest BCUT2D eigenvalue weighted by Gasteiger charge is 2.23. The number of amides is 1. The van der Waals surface area contributed by atoms with Gasteiger partial charge in [-0.15, -0.1) is 0 Å². The lowest BCUT2D eigenvalue weighted by Crippen LogP contribution is -2.32. The van der Waals surface area contributed by atoms with Crippen molar-refractivity contribution in [3.63, 3.8) is 0 Å². The maximum atomic E-state index is 13.2.